The number of esters is 1. The number of hydrogen-bond acceptors (Lipinski definition) is 5. The van der Waals surface area contributed by atoms with E-state index in [0.717, 1.165) is 56.7 Å². The van der Waals surface area contributed by atoms with Crippen LogP contribution >= 0.6 is 0 Å². The SMILES string of the molecule is CCCC(CCC)C(=O)O[C@H]1C=CC23CCN(C)Cc4ccc(OC)c(c42)O[C@H]3C1. The van der Waals surface area contributed by atoms with Crippen molar-refractivity contribution in [2.75, 3.05) is 20.7 Å². The molecule has 0 saturated heterocycles. The number of rotatable bonds is 7. The van der Waals surface area contributed by atoms with Gasteiger partial charge in [-0.15, -0.1) is 0 Å². The van der Waals surface area contributed by atoms with Gasteiger partial charge in [-0.3, -0.25) is 4.79 Å². The topological polar surface area (TPSA) is 48.0 Å². The number of carbonyl (C=O) groups is 1. The molecule has 1 aromatic rings. The largest absolute Gasteiger partial charge is 0.493 e. The van der Waals surface area contributed by atoms with E-state index in [4.69, 9.17) is 14.2 Å². The van der Waals surface area contributed by atoms with Gasteiger partial charge in [0.1, 0.15) is 12.2 Å². The average Bonchev–Trinajstić information content (AvgIpc) is 2.99. The molecule has 1 aromatic carbocycles. The predicted octanol–water partition coefficient (Wildman–Crippen LogP) is 4.62. The maximum atomic E-state index is 12.8. The zero-order valence-corrected chi connectivity index (χ0v) is 18.8. The molecule has 1 aliphatic carbocycles. The Morgan fingerprint density at radius 2 is 2.07 bits per heavy atom. The summed E-state index contributed by atoms with van der Waals surface area (Å²) in [5.74, 6) is 1.62. The van der Waals surface area contributed by atoms with E-state index in [2.05, 4.69) is 44.0 Å². The number of benzene rings is 1. The molecule has 3 atom stereocenters. The summed E-state index contributed by atoms with van der Waals surface area (Å²) in [5, 5.41) is 0. The third-order valence-corrected chi connectivity index (χ3v) is 7.01. The van der Waals surface area contributed by atoms with Crippen LogP contribution < -0.4 is 9.47 Å². The Morgan fingerprint density at radius 3 is 2.77 bits per heavy atom. The Balaban J connectivity index is 1.61. The third kappa shape index (κ3) is 3.62. The zero-order chi connectivity index (χ0) is 21.3. The number of methoxy groups -OCH3 is 1. The van der Waals surface area contributed by atoms with Crippen molar-refractivity contribution >= 4 is 5.97 Å². The van der Waals surface area contributed by atoms with E-state index in [9.17, 15) is 4.79 Å². The van der Waals surface area contributed by atoms with E-state index >= 15 is 0 Å². The lowest BCUT2D eigenvalue weighted by Crippen LogP contribution is -2.44. The second kappa shape index (κ2) is 8.62. The number of hydrogen-bond donors (Lipinski definition) is 0. The smallest absolute Gasteiger partial charge is 0.309 e. The van der Waals surface area contributed by atoms with Crippen molar-refractivity contribution in [1.82, 2.24) is 4.90 Å². The van der Waals surface area contributed by atoms with E-state index in [1.165, 1.54) is 11.1 Å². The van der Waals surface area contributed by atoms with Crippen molar-refractivity contribution < 1.29 is 19.0 Å². The molecule has 2 heterocycles. The highest BCUT2D eigenvalue weighted by atomic mass is 16.6. The van der Waals surface area contributed by atoms with Crippen LogP contribution in [0.2, 0.25) is 0 Å². The molecular weight excluding hydrogens is 378 g/mol. The van der Waals surface area contributed by atoms with Crippen molar-refractivity contribution in [2.45, 2.75) is 76.5 Å². The molecule has 0 fully saturated rings. The molecule has 0 N–H and O–H groups in total. The Hall–Kier alpha value is -2.01. The summed E-state index contributed by atoms with van der Waals surface area (Å²) in [7, 11) is 3.87. The van der Waals surface area contributed by atoms with Crippen LogP contribution in [0.4, 0.5) is 0 Å². The maximum Gasteiger partial charge on any atom is 0.309 e. The van der Waals surface area contributed by atoms with Gasteiger partial charge in [0.05, 0.1) is 18.4 Å². The Bertz CT molecular complexity index is 814. The average molecular weight is 414 g/mol. The lowest BCUT2D eigenvalue weighted by Gasteiger charge is -2.37. The van der Waals surface area contributed by atoms with Gasteiger partial charge in [0, 0.05) is 18.5 Å². The van der Waals surface area contributed by atoms with E-state index in [0.29, 0.717) is 6.42 Å². The fourth-order valence-corrected chi connectivity index (χ4v) is 5.48. The van der Waals surface area contributed by atoms with E-state index in [-0.39, 0.29) is 29.5 Å². The van der Waals surface area contributed by atoms with Crippen molar-refractivity contribution in [3.05, 3.63) is 35.4 Å². The number of ether oxygens (including phenoxy) is 3. The molecule has 0 amide bonds. The summed E-state index contributed by atoms with van der Waals surface area (Å²) in [6.07, 6.45) is 9.58. The van der Waals surface area contributed by atoms with Gasteiger partial charge in [0.15, 0.2) is 11.5 Å². The molecule has 0 bridgehead atoms. The van der Waals surface area contributed by atoms with Gasteiger partial charge < -0.3 is 19.1 Å². The second-order valence-corrected chi connectivity index (χ2v) is 9.11. The van der Waals surface area contributed by atoms with Crippen LogP contribution in [0.5, 0.6) is 11.5 Å². The second-order valence-electron chi connectivity index (χ2n) is 9.11. The van der Waals surface area contributed by atoms with Gasteiger partial charge in [-0.2, -0.15) is 0 Å². The lowest BCUT2D eigenvalue weighted by molar-refractivity contribution is -0.154. The molecule has 1 unspecified atom stereocenters. The van der Waals surface area contributed by atoms with Crippen molar-refractivity contribution in [1.29, 1.82) is 0 Å². The van der Waals surface area contributed by atoms with Crippen LogP contribution in [0.15, 0.2) is 24.3 Å². The summed E-state index contributed by atoms with van der Waals surface area (Å²) >= 11 is 0. The molecule has 4 rings (SSSR count). The fraction of sp³-hybridized carbons (Fsp3) is 0.640. The summed E-state index contributed by atoms with van der Waals surface area (Å²) in [5.41, 5.74) is 2.41. The predicted molar refractivity (Wildman–Crippen MR) is 117 cm³/mol. The van der Waals surface area contributed by atoms with Crippen molar-refractivity contribution in [3.8, 4) is 11.5 Å². The standard InChI is InChI=1S/C25H35NO4/c1-5-7-17(8-6-2)24(27)29-19-11-12-25-13-14-26(3)16-18-9-10-20(28-4)23(22(18)25)30-21(25)15-19/h9-12,17,19,21H,5-8,13-16H2,1-4H3/t19-,21-,25?/m0/s1. The van der Waals surface area contributed by atoms with Crippen molar-refractivity contribution in [2.24, 2.45) is 5.92 Å². The van der Waals surface area contributed by atoms with Gasteiger partial charge >= 0.3 is 5.97 Å². The molecule has 0 saturated carbocycles. The quantitative estimate of drug-likeness (QED) is 0.482. The Morgan fingerprint density at radius 1 is 1.30 bits per heavy atom. The zero-order valence-electron chi connectivity index (χ0n) is 18.8. The lowest BCUT2D eigenvalue weighted by atomic mass is 9.69. The van der Waals surface area contributed by atoms with Gasteiger partial charge in [0.25, 0.3) is 0 Å². The first-order valence-corrected chi connectivity index (χ1v) is 11.5. The van der Waals surface area contributed by atoms with Crippen LogP contribution in [0.25, 0.3) is 0 Å². The van der Waals surface area contributed by atoms with Gasteiger partial charge in [-0.25, -0.2) is 0 Å². The number of nitrogens with zero attached hydrogens (tertiary/aromatic N) is 1. The molecule has 2 aliphatic heterocycles. The highest BCUT2D eigenvalue weighted by Gasteiger charge is 2.53. The summed E-state index contributed by atoms with van der Waals surface area (Å²) < 4.78 is 18.1. The van der Waals surface area contributed by atoms with Crippen LogP contribution in [-0.4, -0.2) is 43.8 Å². The Labute approximate surface area is 180 Å². The molecule has 5 heteroatoms. The molecule has 1 spiro atoms. The summed E-state index contributed by atoms with van der Waals surface area (Å²) in [4.78, 5) is 15.2. The minimum absolute atomic E-state index is 0.00390. The maximum absolute atomic E-state index is 12.8. The van der Waals surface area contributed by atoms with Gasteiger partial charge in [0.2, 0.25) is 0 Å². The fourth-order valence-electron chi connectivity index (χ4n) is 5.48. The summed E-state index contributed by atoms with van der Waals surface area (Å²) in [6.45, 7) is 6.15. The first-order chi connectivity index (χ1) is 14.5. The van der Waals surface area contributed by atoms with E-state index < -0.39 is 0 Å². The molecule has 0 radical (unpaired) electrons. The molecular formula is C25H35NO4. The normalized spacial score (nSPS) is 27.2. The first kappa shape index (κ1) is 21.2. The first-order valence-electron chi connectivity index (χ1n) is 11.5. The van der Waals surface area contributed by atoms with Crippen LogP contribution in [0.3, 0.4) is 0 Å². The highest BCUT2D eigenvalue weighted by Crippen LogP contribution is 2.55. The molecule has 3 aliphatic rings. The number of carbonyl (C=O) groups excluding carboxylic acids is 1. The van der Waals surface area contributed by atoms with Crippen LogP contribution in [0.1, 0.15) is 63.5 Å². The molecule has 5 nitrogen and oxygen atoms in total. The van der Waals surface area contributed by atoms with Crippen LogP contribution in [0, 0.1) is 5.92 Å². The van der Waals surface area contributed by atoms with Gasteiger partial charge in [-0.05, 0) is 50.6 Å². The minimum Gasteiger partial charge on any atom is -0.493 e. The summed E-state index contributed by atoms with van der Waals surface area (Å²) in [6, 6.07) is 4.19. The van der Waals surface area contributed by atoms with Crippen LogP contribution in [-0.2, 0) is 21.5 Å². The highest BCUT2D eigenvalue weighted by molar-refractivity contribution is 5.73. The van der Waals surface area contributed by atoms with E-state index in [1.807, 2.05) is 6.07 Å². The van der Waals surface area contributed by atoms with Crippen molar-refractivity contribution in [3.63, 3.8) is 0 Å². The third-order valence-electron chi connectivity index (χ3n) is 7.01. The molecule has 30 heavy (non-hydrogen) atoms. The molecule has 164 valence electrons. The monoisotopic (exact) mass is 413 g/mol. The molecule has 0 aromatic heterocycles. The minimum atomic E-state index is -0.228. The van der Waals surface area contributed by atoms with E-state index in [1.54, 1.807) is 7.11 Å². The Kier molecular flexibility index (Phi) is 6.10. The van der Waals surface area contributed by atoms with Gasteiger partial charge in [-0.1, -0.05) is 38.8 Å².